The summed E-state index contributed by atoms with van der Waals surface area (Å²) in [5, 5.41) is 16.4. The Balaban J connectivity index is 1.86. The number of aliphatic hydroxyl groups excluding tert-OH is 1. The van der Waals surface area contributed by atoms with Crippen LogP contribution in [0.15, 0.2) is 54.9 Å². The van der Waals surface area contributed by atoms with Crippen molar-refractivity contribution in [1.82, 2.24) is 15.0 Å². The predicted molar refractivity (Wildman–Crippen MR) is 104 cm³/mol. The molecule has 0 aliphatic rings. The lowest BCUT2D eigenvalue weighted by molar-refractivity contribution is 0.281. The highest BCUT2D eigenvalue weighted by Gasteiger charge is 2.09. The molecule has 0 saturated carbocycles. The zero-order valence-corrected chi connectivity index (χ0v) is 15.1. The number of halogens is 1. The molecule has 3 aromatic rings. The van der Waals surface area contributed by atoms with E-state index in [1.807, 2.05) is 49.4 Å². The normalized spacial score (nSPS) is 11.8. The Labute approximate surface area is 157 Å². The van der Waals surface area contributed by atoms with E-state index in [1.165, 1.54) is 0 Å². The summed E-state index contributed by atoms with van der Waals surface area (Å²) >= 11 is 6.04. The van der Waals surface area contributed by atoms with Crippen molar-refractivity contribution in [1.29, 1.82) is 0 Å². The lowest BCUT2D eigenvalue weighted by Crippen LogP contribution is -2.21. The van der Waals surface area contributed by atoms with Crippen molar-refractivity contribution < 1.29 is 5.11 Å². The number of aromatic nitrogens is 3. The average molecular weight is 370 g/mol. The molecule has 3 rings (SSSR count). The molecule has 0 unspecified atom stereocenters. The molecule has 1 atom stereocenters. The number of aliphatic hydroxyl groups is 1. The van der Waals surface area contributed by atoms with Crippen molar-refractivity contribution in [2.24, 2.45) is 0 Å². The summed E-state index contributed by atoms with van der Waals surface area (Å²) in [4.78, 5) is 13.1. The van der Waals surface area contributed by atoms with Gasteiger partial charge in [-0.25, -0.2) is 4.98 Å². The van der Waals surface area contributed by atoms with E-state index in [-0.39, 0.29) is 12.6 Å². The summed E-state index contributed by atoms with van der Waals surface area (Å²) in [5.41, 5.74) is 2.76. The zero-order valence-electron chi connectivity index (χ0n) is 14.4. The Morgan fingerprint density at radius 1 is 1.12 bits per heavy atom. The molecule has 6 nitrogen and oxygen atoms in total. The minimum Gasteiger partial charge on any atom is -0.394 e. The Morgan fingerprint density at radius 2 is 1.92 bits per heavy atom. The van der Waals surface area contributed by atoms with Gasteiger partial charge in [0, 0.05) is 41.6 Å². The smallest absolute Gasteiger partial charge is 0.225 e. The van der Waals surface area contributed by atoms with E-state index in [2.05, 4.69) is 25.6 Å². The van der Waals surface area contributed by atoms with Crippen molar-refractivity contribution in [3.8, 4) is 11.3 Å². The van der Waals surface area contributed by atoms with E-state index in [0.29, 0.717) is 23.3 Å². The molecule has 3 N–H and O–H groups in total. The van der Waals surface area contributed by atoms with Crippen LogP contribution in [0.1, 0.15) is 12.5 Å². The van der Waals surface area contributed by atoms with Crippen molar-refractivity contribution in [3.63, 3.8) is 0 Å². The Kier molecular flexibility index (Phi) is 5.99. The fraction of sp³-hybridized carbons (Fsp3) is 0.211. The molecule has 0 saturated heterocycles. The summed E-state index contributed by atoms with van der Waals surface area (Å²) in [6.07, 6.45) is 3.44. The maximum absolute atomic E-state index is 9.28. The van der Waals surface area contributed by atoms with Gasteiger partial charge in [-0.3, -0.25) is 4.98 Å². The molecule has 2 heterocycles. The largest absolute Gasteiger partial charge is 0.394 e. The van der Waals surface area contributed by atoms with Gasteiger partial charge in [0.25, 0.3) is 0 Å². The minimum atomic E-state index is -0.150. The van der Waals surface area contributed by atoms with Crippen LogP contribution < -0.4 is 10.6 Å². The lowest BCUT2D eigenvalue weighted by Gasteiger charge is -2.14. The van der Waals surface area contributed by atoms with Crippen molar-refractivity contribution >= 4 is 23.4 Å². The third kappa shape index (κ3) is 4.91. The van der Waals surface area contributed by atoms with Gasteiger partial charge in [0.05, 0.1) is 12.3 Å². The molecule has 134 valence electrons. The highest BCUT2D eigenvalue weighted by Crippen LogP contribution is 2.22. The quantitative estimate of drug-likeness (QED) is 0.590. The van der Waals surface area contributed by atoms with Crippen LogP contribution in [0.25, 0.3) is 11.3 Å². The summed E-state index contributed by atoms with van der Waals surface area (Å²) < 4.78 is 0. The van der Waals surface area contributed by atoms with Gasteiger partial charge < -0.3 is 15.7 Å². The van der Waals surface area contributed by atoms with Crippen molar-refractivity contribution in [3.05, 3.63) is 65.4 Å². The second-order valence-electron chi connectivity index (χ2n) is 5.91. The second kappa shape index (κ2) is 8.60. The van der Waals surface area contributed by atoms with Crippen LogP contribution in [0.4, 0.5) is 11.8 Å². The molecule has 0 aliphatic carbocycles. The summed E-state index contributed by atoms with van der Waals surface area (Å²) in [5.74, 6) is 1.13. The van der Waals surface area contributed by atoms with Crippen LogP contribution in [-0.2, 0) is 6.54 Å². The third-order valence-corrected chi connectivity index (χ3v) is 3.95. The first kappa shape index (κ1) is 18.1. The van der Waals surface area contributed by atoms with E-state index in [9.17, 15) is 5.11 Å². The molecule has 1 aromatic carbocycles. The predicted octanol–water partition coefficient (Wildman–Crippen LogP) is 3.60. The van der Waals surface area contributed by atoms with E-state index in [0.717, 1.165) is 16.8 Å². The molecule has 0 fully saturated rings. The molecule has 2 aromatic heterocycles. The highest BCUT2D eigenvalue weighted by molar-refractivity contribution is 6.30. The first-order valence-corrected chi connectivity index (χ1v) is 8.67. The van der Waals surface area contributed by atoms with Crippen molar-refractivity contribution in [2.45, 2.75) is 19.5 Å². The topological polar surface area (TPSA) is 83.0 Å². The molecule has 0 amide bonds. The van der Waals surface area contributed by atoms with Crippen LogP contribution in [0, 0.1) is 0 Å². The molecular weight excluding hydrogens is 350 g/mol. The second-order valence-corrected chi connectivity index (χ2v) is 6.35. The number of pyridine rings is 1. The molecule has 0 aliphatic heterocycles. The monoisotopic (exact) mass is 369 g/mol. The Morgan fingerprint density at radius 3 is 2.65 bits per heavy atom. The SMILES string of the molecule is C[C@@H](CO)Nc1nc(NCc2cccc(Cl)c2)cc(-c2ccncc2)n1. The van der Waals surface area contributed by atoms with Gasteiger partial charge in [-0.05, 0) is 36.8 Å². The summed E-state index contributed by atoms with van der Waals surface area (Å²) in [7, 11) is 0. The van der Waals surface area contributed by atoms with Crippen LogP contribution in [-0.4, -0.2) is 32.7 Å². The Bertz CT molecular complexity index is 860. The third-order valence-electron chi connectivity index (χ3n) is 3.71. The number of hydrogen-bond donors (Lipinski definition) is 3. The van der Waals surface area contributed by atoms with Crippen molar-refractivity contribution in [2.75, 3.05) is 17.2 Å². The van der Waals surface area contributed by atoms with Gasteiger partial charge >= 0.3 is 0 Å². The fourth-order valence-corrected chi connectivity index (χ4v) is 2.59. The van der Waals surface area contributed by atoms with Gasteiger partial charge in [-0.15, -0.1) is 0 Å². The standard InChI is InChI=1S/C19H20ClN5O/c1-13(12-26)23-19-24-17(15-5-7-21-8-6-15)10-18(25-19)22-11-14-3-2-4-16(20)9-14/h2-10,13,26H,11-12H2,1H3,(H2,22,23,24,25)/t13-/m0/s1. The van der Waals surface area contributed by atoms with Gasteiger partial charge in [0.15, 0.2) is 0 Å². The molecule has 0 radical (unpaired) electrons. The summed E-state index contributed by atoms with van der Waals surface area (Å²) in [6.45, 7) is 2.44. The van der Waals surface area contributed by atoms with E-state index < -0.39 is 0 Å². The van der Waals surface area contributed by atoms with Gasteiger partial charge in [-0.1, -0.05) is 23.7 Å². The van der Waals surface area contributed by atoms with Gasteiger partial charge in [0.2, 0.25) is 5.95 Å². The number of benzene rings is 1. The average Bonchev–Trinajstić information content (AvgIpc) is 2.67. The number of rotatable bonds is 7. The van der Waals surface area contributed by atoms with Crippen LogP contribution >= 0.6 is 11.6 Å². The van der Waals surface area contributed by atoms with Crippen LogP contribution in [0.5, 0.6) is 0 Å². The maximum Gasteiger partial charge on any atom is 0.225 e. The summed E-state index contributed by atoms with van der Waals surface area (Å²) in [6, 6.07) is 13.2. The van der Waals surface area contributed by atoms with Gasteiger partial charge in [-0.2, -0.15) is 4.98 Å². The first-order chi connectivity index (χ1) is 12.6. The van der Waals surface area contributed by atoms with Crippen LogP contribution in [0.2, 0.25) is 5.02 Å². The van der Waals surface area contributed by atoms with Crippen LogP contribution in [0.3, 0.4) is 0 Å². The minimum absolute atomic E-state index is 0.00583. The number of nitrogens with one attached hydrogen (secondary N) is 2. The fourth-order valence-electron chi connectivity index (χ4n) is 2.38. The molecular formula is C19H20ClN5O. The van der Waals surface area contributed by atoms with Gasteiger partial charge in [0.1, 0.15) is 5.82 Å². The van der Waals surface area contributed by atoms with E-state index >= 15 is 0 Å². The van der Waals surface area contributed by atoms with E-state index in [1.54, 1.807) is 12.4 Å². The zero-order chi connectivity index (χ0) is 18.4. The number of nitrogens with zero attached hydrogens (tertiary/aromatic N) is 3. The maximum atomic E-state index is 9.28. The van der Waals surface area contributed by atoms with E-state index in [4.69, 9.17) is 11.6 Å². The first-order valence-electron chi connectivity index (χ1n) is 8.29. The molecule has 7 heteroatoms. The number of anilines is 2. The molecule has 26 heavy (non-hydrogen) atoms. The lowest BCUT2D eigenvalue weighted by atomic mass is 10.2. The Hall–Kier alpha value is -2.70. The molecule has 0 spiro atoms. The molecule has 0 bridgehead atoms. The highest BCUT2D eigenvalue weighted by atomic mass is 35.5. The number of hydrogen-bond acceptors (Lipinski definition) is 6.